The second-order valence-electron chi connectivity index (χ2n) is 4.99. The number of hydrogen-bond donors (Lipinski definition) is 1. The molecule has 0 aromatic carbocycles. The van der Waals surface area contributed by atoms with Gasteiger partial charge in [-0.05, 0) is 30.6 Å². The molecule has 3 heteroatoms. The third-order valence-electron chi connectivity index (χ3n) is 3.10. The lowest BCUT2D eigenvalue weighted by Crippen LogP contribution is -2.36. The van der Waals surface area contributed by atoms with E-state index in [2.05, 4.69) is 41.8 Å². The zero-order chi connectivity index (χ0) is 13.1. The molecule has 102 valence electrons. The summed E-state index contributed by atoms with van der Waals surface area (Å²) in [7, 11) is 0. The SMILES string of the molecule is CCCCCC(C)C(=O)NC(C)CCCCI. The van der Waals surface area contributed by atoms with E-state index in [-0.39, 0.29) is 11.8 Å². The number of carbonyl (C=O) groups excluding carboxylic acids is 1. The number of alkyl halides is 1. The van der Waals surface area contributed by atoms with Crippen molar-refractivity contribution in [2.45, 2.75) is 71.8 Å². The van der Waals surface area contributed by atoms with E-state index in [4.69, 9.17) is 0 Å². The molecule has 17 heavy (non-hydrogen) atoms. The number of halogens is 1. The fraction of sp³-hybridized carbons (Fsp3) is 0.929. The summed E-state index contributed by atoms with van der Waals surface area (Å²) < 4.78 is 1.21. The lowest BCUT2D eigenvalue weighted by molar-refractivity contribution is -0.125. The molecule has 0 fully saturated rings. The third-order valence-corrected chi connectivity index (χ3v) is 3.86. The van der Waals surface area contributed by atoms with Crippen molar-refractivity contribution in [3.05, 3.63) is 0 Å². The molecule has 0 aliphatic carbocycles. The van der Waals surface area contributed by atoms with Crippen molar-refractivity contribution in [3.63, 3.8) is 0 Å². The van der Waals surface area contributed by atoms with E-state index in [0.29, 0.717) is 6.04 Å². The van der Waals surface area contributed by atoms with Crippen molar-refractivity contribution < 1.29 is 4.79 Å². The maximum absolute atomic E-state index is 11.9. The highest BCUT2D eigenvalue weighted by molar-refractivity contribution is 14.1. The van der Waals surface area contributed by atoms with Crippen LogP contribution < -0.4 is 5.32 Å². The standard InChI is InChI=1S/C14H28INO/c1-4-5-6-9-12(2)14(17)16-13(3)10-7-8-11-15/h12-13H,4-11H2,1-3H3,(H,16,17). The molecular weight excluding hydrogens is 325 g/mol. The molecule has 0 spiro atoms. The summed E-state index contributed by atoms with van der Waals surface area (Å²) in [6.45, 7) is 6.35. The van der Waals surface area contributed by atoms with Crippen LogP contribution in [0.4, 0.5) is 0 Å². The second kappa shape index (κ2) is 11.3. The molecular formula is C14H28INO. The van der Waals surface area contributed by atoms with Crippen LogP contribution in [0.1, 0.15) is 65.7 Å². The Kier molecular flexibility index (Phi) is 11.4. The summed E-state index contributed by atoms with van der Waals surface area (Å²) in [6.07, 6.45) is 8.25. The molecule has 0 heterocycles. The minimum atomic E-state index is 0.175. The summed E-state index contributed by atoms with van der Waals surface area (Å²) in [5.41, 5.74) is 0. The average molecular weight is 353 g/mol. The fourth-order valence-electron chi connectivity index (χ4n) is 1.83. The van der Waals surface area contributed by atoms with Crippen LogP contribution in [0.25, 0.3) is 0 Å². The molecule has 0 bridgehead atoms. The van der Waals surface area contributed by atoms with Gasteiger partial charge in [-0.15, -0.1) is 0 Å². The summed E-state index contributed by atoms with van der Waals surface area (Å²) in [4.78, 5) is 11.9. The maximum atomic E-state index is 11.9. The smallest absolute Gasteiger partial charge is 0.223 e. The lowest BCUT2D eigenvalue weighted by atomic mass is 10.0. The molecule has 1 amide bonds. The van der Waals surface area contributed by atoms with Gasteiger partial charge >= 0.3 is 0 Å². The van der Waals surface area contributed by atoms with Gasteiger partial charge in [0.2, 0.25) is 5.91 Å². The number of carbonyl (C=O) groups is 1. The van der Waals surface area contributed by atoms with Crippen molar-refractivity contribution in [1.29, 1.82) is 0 Å². The van der Waals surface area contributed by atoms with Crippen LogP contribution in [0, 0.1) is 5.92 Å². The maximum Gasteiger partial charge on any atom is 0.223 e. The highest BCUT2D eigenvalue weighted by atomic mass is 127. The highest BCUT2D eigenvalue weighted by Crippen LogP contribution is 2.10. The van der Waals surface area contributed by atoms with Crippen LogP contribution in [0.3, 0.4) is 0 Å². The Morgan fingerprint density at radius 1 is 1.12 bits per heavy atom. The Labute approximate surface area is 120 Å². The van der Waals surface area contributed by atoms with E-state index < -0.39 is 0 Å². The summed E-state index contributed by atoms with van der Waals surface area (Å²) in [5.74, 6) is 0.414. The monoisotopic (exact) mass is 353 g/mol. The van der Waals surface area contributed by atoms with Crippen LogP contribution in [-0.2, 0) is 4.79 Å². The number of rotatable bonds is 10. The van der Waals surface area contributed by atoms with Crippen LogP contribution in [0.2, 0.25) is 0 Å². The Hall–Kier alpha value is 0.200. The topological polar surface area (TPSA) is 29.1 Å². The Morgan fingerprint density at radius 3 is 2.35 bits per heavy atom. The molecule has 1 N–H and O–H groups in total. The molecule has 0 saturated heterocycles. The molecule has 0 saturated carbocycles. The highest BCUT2D eigenvalue weighted by Gasteiger charge is 2.14. The van der Waals surface area contributed by atoms with Gasteiger partial charge in [0.25, 0.3) is 0 Å². The van der Waals surface area contributed by atoms with Gasteiger partial charge in [-0.1, -0.05) is 62.1 Å². The largest absolute Gasteiger partial charge is 0.353 e. The van der Waals surface area contributed by atoms with Gasteiger partial charge in [-0.25, -0.2) is 0 Å². The van der Waals surface area contributed by atoms with E-state index >= 15 is 0 Å². The molecule has 0 aliphatic heterocycles. The fourth-order valence-corrected chi connectivity index (χ4v) is 2.37. The zero-order valence-corrected chi connectivity index (χ0v) is 13.8. The van der Waals surface area contributed by atoms with Crippen molar-refractivity contribution in [2.75, 3.05) is 4.43 Å². The van der Waals surface area contributed by atoms with Crippen molar-refractivity contribution >= 4 is 28.5 Å². The number of nitrogens with one attached hydrogen (secondary N) is 1. The van der Waals surface area contributed by atoms with Gasteiger partial charge in [0.1, 0.15) is 0 Å². The first-order valence-corrected chi connectivity index (χ1v) is 8.50. The number of unbranched alkanes of at least 4 members (excludes halogenated alkanes) is 3. The van der Waals surface area contributed by atoms with E-state index in [1.54, 1.807) is 0 Å². The molecule has 0 aromatic heterocycles. The Morgan fingerprint density at radius 2 is 1.76 bits per heavy atom. The minimum Gasteiger partial charge on any atom is -0.353 e. The first kappa shape index (κ1) is 17.2. The summed E-state index contributed by atoms with van der Waals surface area (Å²) in [6, 6.07) is 0.332. The molecule has 0 aromatic rings. The van der Waals surface area contributed by atoms with Crippen molar-refractivity contribution in [2.24, 2.45) is 5.92 Å². The van der Waals surface area contributed by atoms with Gasteiger partial charge in [-0.2, -0.15) is 0 Å². The Bertz CT molecular complexity index is 197. The minimum absolute atomic E-state index is 0.175. The summed E-state index contributed by atoms with van der Waals surface area (Å²) in [5, 5.41) is 3.12. The second-order valence-corrected chi connectivity index (χ2v) is 6.07. The predicted octanol–water partition coefficient (Wildman–Crippen LogP) is 4.31. The molecule has 2 atom stereocenters. The van der Waals surface area contributed by atoms with Crippen molar-refractivity contribution in [1.82, 2.24) is 5.32 Å². The molecule has 0 radical (unpaired) electrons. The van der Waals surface area contributed by atoms with Crippen LogP contribution in [0.15, 0.2) is 0 Å². The predicted molar refractivity (Wildman–Crippen MR) is 83.6 cm³/mol. The van der Waals surface area contributed by atoms with Gasteiger partial charge in [-0.3, -0.25) is 4.79 Å². The normalized spacial score (nSPS) is 14.4. The van der Waals surface area contributed by atoms with Crippen molar-refractivity contribution in [3.8, 4) is 0 Å². The first-order valence-electron chi connectivity index (χ1n) is 6.98. The average Bonchev–Trinajstić information content (AvgIpc) is 2.29. The van der Waals surface area contributed by atoms with E-state index in [1.807, 2.05) is 6.92 Å². The lowest BCUT2D eigenvalue weighted by Gasteiger charge is -2.17. The quantitative estimate of drug-likeness (QED) is 0.354. The molecule has 0 rings (SSSR count). The molecule has 2 nitrogen and oxygen atoms in total. The van der Waals surface area contributed by atoms with Gasteiger partial charge < -0.3 is 5.32 Å². The number of amides is 1. The van der Waals surface area contributed by atoms with Crippen LogP contribution >= 0.6 is 22.6 Å². The van der Waals surface area contributed by atoms with Crippen LogP contribution in [0.5, 0.6) is 0 Å². The molecule has 2 unspecified atom stereocenters. The van der Waals surface area contributed by atoms with Gasteiger partial charge in [0.05, 0.1) is 0 Å². The Balaban J connectivity index is 3.67. The van der Waals surface area contributed by atoms with E-state index in [0.717, 1.165) is 12.8 Å². The van der Waals surface area contributed by atoms with Gasteiger partial charge in [0.15, 0.2) is 0 Å². The van der Waals surface area contributed by atoms with Gasteiger partial charge in [0, 0.05) is 12.0 Å². The third kappa shape index (κ3) is 9.86. The van der Waals surface area contributed by atoms with E-state index in [1.165, 1.54) is 36.5 Å². The first-order chi connectivity index (χ1) is 8.11. The van der Waals surface area contributed by atoms with E-state index in [9.17, 15) is 4.79 Å². The number of hydrogen-bond acceptors (Lipinski definition) is 1. The zero-order valence-electron chi connectivity index (χ0n) is 11.6. The van der Waals surface area contributed by atoms with Crippen LogP contribution in [-0.4, -0.2) is 16.4 Å². The summed E-state index contributed by atoms with van der Waals surface area (Å²) >= 11 is 2.40. The molecule has 0 aliphatic rings.